The fraction of sp³-hybridized carbons (Fsp3) is 0. The van der Waals surface area contributed by atoms with Gasteiger partial charge in [0.25, 0.3) is 11.6 Å². The summed E-state index contributed by atoms with van der Waals surface area (Å²) in [5, 5.41) is 35.7. The van der Waals surface area contributed by atoms with E-state index in [1.807, 2.05) is 0 Å². The molecule has 2 aromatic carbocycles. The van der Waals surface area contributed by atoms with Gasteiger partial charge >= 0.3 is 5.69 Å². The van der Waals surface area contributed by atoms with Crippen LogP contribution in [0.2, 0.25) is 0 Å². The van der Waals surface area contributed by atoms with Crippen molar-refractivity contribution in [1.82, 2.24) is 5.43 Å². The molecular formula is C16H9BrN4O6S. The second-order valence-electron chi connectivity index (χ2n) is 5.42. The van der Waals surface area contributed by atoms with Crippen LogP contribution in [0.4, 0.5) is 11.4 Å². The topological polar surface area (TPSA) is 148 Å². The van der Waals surface area contributed by atoms with E-state index in [0.29, 0.717) is 15.0 Å². The second-order valence-corrected chi connectivity index (χ2v) is 7.35. The third-order valence-corrected chi connectivity index (χ3v) is 5.30. The van der Waals surface area contributed by atoms with Crippen LogP contribution >= 0.6 is 27.3 Å². The van der Waals surface area contributed by atoms with Crippen molar-refractivity contribution in [3.05, 3.63) is 71.5 Å². The number of aromatic hydroxyl groups is 1. The van der Waals surface area contributed by atoms with Crippen molar-refractivity contribution < 1.29 is 19.7 Å². The third kappa shape index (κ3) is 3.97. The number of hydrazone groups is 1. The Morgan fingerprint density at radius 1 is 1.18 bits per heavy atom. The van der Waals surface area contributed by atoms with E-state index in [1.165, 1.54) is 30.5 Å². The molecule has 0 fully saturated rings. The van der Waals surface area contributed by atoms with Crippen LogP contribution in [0.5, 0.6) is 5.75 Å². The van der Waals surface area contributed by atoms with Gasteiger partial charge in [0.2, 0.25) is 5.75 Å². The quantitative estimate of drug-likeness (QED) is 0.331. The molecule has 0 bridgehead atoms. The molecule has 142 valence electrons. The number of nitro benzene ring substituents is 2. The minimum Gasteiger partial charge on any atom is -0.501 e. The maximum Gasteiger partial charge on any atom is 0.312 e. The highest BCUT2D eigenvalue weighted by Gasteiger charge is 2.17. The van der Waals surface area contributed by atoms with Crippen LogP contribution in [0.25, 0.3) is 10.1 Å². The smallest absolute Gasteiger partial charge is 0.312 e. The molecule has 0 spiro atoms. The largest absolute Gasteiger partial charge is 0.501 e. The van der Waals surface area contributed by atoms with Gasteiger partial charge in [0.05, 0.1) is 25.4 Å². The number of thiophene rings is 1. The molecule has 3 aromatic rings. The van der Waals surface area contributed by atoms with Gasteiger partial charge in [0.15, 0.2) is 0 Å². The van der Waals surface area contributed by atoms with E-state index < -0.39 is 27.2 Å². The Morgan fingerprint density at radius 3 is 2.61 bits per heavy atom. The molecule has 0 saturated carbocycles. The van der Waals surface area contributed by atoms with Gasteiger partial charge in [-0.3, -0.25) is 25.0 Å². The van der Waals surface area contributed by atoms with Crippen molar-refractivity contribution in [2.75, 3.05) is 0 Å². The minimum absolute atomic E-state index is 0.0743. The number of phenols is 1. The lowest BCUT2D eigenvalue weighted by atomic mass is 10.2. The summed E-state index contributed by atoms with van der Waals surface area (Å²) in [5.41, 5.74) is 1.99. The zero-order chi connectivity index (χ0) is 20.4. The number of hydrogen-bond acceptors (Lipinski definition) is 8. The first kappa shape index (κ1) is 19.4. The molecule has 0 atom stereocenters. The van der Waals surface area contributed by atoms with E-state index in [9.17, 15) is 30.1 Å². The summed E-state index contributed by atoms with van der Waals surface area (Å²) in [5.74, 6) is -1.04. The molecule has 0 aliphatic rings. The van der Waals surface area contributed by atoms with Gasteiger partial charge in [-0.25, -0.2) is 5.43 Å². The number of benzene rings is 2. The summed E-state index contributed by atoms with van der Waals surface area (Å²) >= 11 is 4.15. The molecule has 3 rings (SSSR count). The van der Waals surface area contributed by atoms with Crippen LogP contribution in [0.3, 0.4) is 0 Å². The highest BCUT2D eigenvalue weighted by molar-refractivity contribution is 9.10. The first-order valence-electron chi connectivity index (χ1n) is 7.44. The van der Waals surface area contributed by atoms with E-state index in [0.717, 1.165) is 17.4 Å². The monoisotopic (exact) mass is 464 g/mol. The van der Waals surface area contributed by atoms with Crippen molar-refractivity contribution in [2.24, 2.45) is 5.10 Å². The average molecular weight is 465 g/mol. The zero-order valence-electron chi connectivity index (χ0n) is 13.7. The summed E-state index contributed by atoms with van der Waals surface area (Å²) in [6.07, 6.45) is 1.19. The van der Waals surface area contributed by atoms with Gasteiger partial charge in [0.1, 0.15) is 0 Å². The van der Waals surface area contributed by atoms with E-state index >= 15 is 0 Å². The number of carbonyl (C=O) groups is 1. The summed E-state index contributed by atoms with van der Waals surface area (Å²) in [6, 6.07) is 8.31. The molecule has 0 radical (unpaired) electrons. The van der Waals surface area contributed by atoms with Crippen LogP contribution in [0.15, 0.2) is 46.0 Å². The number of nitrogens with zero attached hydrogens (tertiary/aromatic N) is 3. The Hall–Kier alpha value is -3.38. The first-order chi connectivity index (χ1) is 13.3. The average Bonchev–Trinajstić information content (AvgIpc) is 3.07. The molecular weight excluding hydrogens is 456 g/mol. The number of non-ortho nitro benzene ring substituents is 1. The van der Waals surface area contributed by atoms with Crippen LogP contribution in [0, 0.1) is 20.2 Å². The Labute approximate surface area is 168 Å². The maximum absolute atomic E-state index is 12.2. The third-order valence-electron chi connectivity index (χ3n) is 3.58. The standard InChI is InChI=1S/C16H9BrN4O6S/c17-11-3-8(4-12(15(11)22)21(26)27)7-18-19-16(23)14-6-9-5-10(20(24)25)1-2-13(9)28-14/h1-7,22H,(H,19,23)/b18-7+. The number of rotatable bonds is 5. The van der Waals surface area contributed by atoms with Crippen LogP contribution < -0.4 is 5.43 Å². The van der Waals surface area contributed by atoms with Gasteiger partial charge in [-0.15, -0.1) is 11.3 Å². The Balaban J connectivity index is 1.78. The number of phenolic OH excluding ortho intramolecular Hbond substituents is 1. The van der Waals surface area contributed by atoms with Crippen molar-refractivity contribution in [3.63, 3.8) is 0 Å². The molecule has 0 unspecified atom stereocenters. The molecule has 0 saturated heterocycles. The molecule has 1 amide bonds. The second kappa shape index (κ2) is 7.70. The lowest BCUT2D eigenvalue weighted by molar-refractivity contribution is -0.386. The van der Waals surface area contributed by atoms with Crippen LogP contribution in [-0.4, -0.2) is 27.1 Å². The van der Waals surface area contributed by atoms with Crippen LogP contribution in [-0.2, 0) is 0 Å². The zero-order valence-corrected chi connectivity index (χ0v) is 16.1. The Kier molecular flexibility index (Phi) is 5.33. The predicted octanol–water partition coefficient (Wildman–Crippen LogP) is 3.95. The molecule has 10 nitrogen and oxygen atoms in total. The van der Waals surface area contributed by atoms with Crippen molar-refractivity contribution in [2.45, 2.75) is 0 Å². The number of halogens is 1. The maximum atomic E-state index is 12.2. The predicted molar refractivity (Wildman–Crippen MR) is 106 cm³/mol. The van der Waals surface area contributed by atoms with Crippen molar-refractivity contribution >= 4 is 60.8 Å². The fourth-order valence-corrected chi connectivity index (χ4v) is 3.70. The molecule has 0 aliphatic heterocycles. The van der Waals surface area contributed by atoms with Gasteiger partial charge < -0.3 is 5.11 Å². The van der Waals surface area contributed by atoms with Crippen LogP contribution in [0.1, 0.15) is 15.2 Å². The number of nitrogens with one attached hydrogen (secondary N) is 1. The van der Waals surface area contributed by atoms with E-state index in [2.05, 4.69) is 26.5 Å². The molecule has 2 N–H and O–H groups in total. The summed E-state index contributed by atoms with van der Waals surface area (Å²) in [7, 11) is 0. The van der Waals surface area contributed by atoms with Gasteiger partial charge in [0, 0.05) is 33.8 Å². The lowest BCUT2D eigenvalue weighted by Gasteiger charge is -2.01. The number of carbonyl (C=O) groups excluding carboxylic acids is 1. The summed E-state index contributed by atoms with van der Waals surface area (Å²) in [6.45, 7) is 0. The summed E-state index contributed by atoms with van der Waals surface area (Å²) in [4.78, 5) is 33.0. The van der Waals surface area contributed by atoms with E-state index in [1.54, 1.807) is 6.07 Å². The van der Waals surface area contributed by atoms with Crippen molar-refractivity contribution in [3.8, 4) is 5.75 Å². The molecule has 0 aliphatic carbocycles. The van der Waals surface area contributed by atoms with E-state index in [4.69, 9.17) is 0 Å². The fourth-order valence-electron chi connectivity index (χ4n) is 2.30. The SMILES string of the molecule is O=C(N/N=C/c1cc(Br)c(O)c([N+](=O)[O-])c1)c1cc2cc([N+](=O)[O-])ccc2s1. The number of fused-ring (bicyclic) bond motifs is 1. The Bertz CT molecular complexity index is 1160. The molecule has 12 heteroatoms. The lowest BCUT2D eigenvalue weighted by Crippen LogP contribution is -2.16. The molecule has 1 heterocycles. The Morgan fingerprint density at radius 2 is 1.93 bits per heavy atom. The highest BCUT2D eigenvalue weighted by Crippen LogP contribution is 2.34. The highest BCUT2D eigenvalue weighted by atomic mass is 79.9. The normalized spacial score (nSPS) is 11.0. The number of nitro groups is 2. The van der Waals surface area contributed by atoms with Crippen molar-refractivity contribution in [1.29, 1.82) is 0 Å². The molecule has 28 heavy (non-hydrogen) atoms. The number of hydrogen-bond donors (Lipinski definition) is 2. The number of amides is 1. The van der Waals surface area contributed by atoms with E-state index in [-0.39, 0.29) is 15.7 Å². The van der Waals surface area contributed by atoms with Gasteiger partial charge in [-0.05, 0) is 34.1 Å². The van der Waals surface area contributed by atoms with Gasteiger partial charge in [-0.1, -0.05) is 0 Å². The summed E-state index contributed by atoms with van der Waals surface area (Å²) < 4.78 is 0.818. The minimum atomic E-state index is -0.744. The van der Waals surface area contributed by atoms with Gasteiger partial charge in [-0.2, -0.15) is 5.10 Å². The first-order valence-corrected chi connectivity index (χ1v) is 9.05. The molecule has 1 aromatic heterocycles.